The Morgan fingerprint density at radius 2 is 2.44 bits per heavy atom. The summed E-state index contributed by atoms with van der Waals surface area (Å²) in [5.74, 6) is 0. The van der Waals surface area contributed by atoms with Crippen molar-refractivity contribution in [3.63, 3.8) is 0 Å². The molecule has 1 aliphatic heterocycles. The van der Waals surface area contributed by atoms with Gasteiger partial charge in [0.1, 0.15) is 11.8 Å². The summed E-state index contributed by atoms with van der Waals surface area (Å²) in [6, 6.07) is 0.356. The van der Waals surface area contributed by atoms with Crippen molar-refractivity contribution in [2.75, 3.05) is 11.9 Å². The number of thiazole rings is 1. The van der Waals surface area contributed by atoms with Gasteiger partial charge in [0, 0.05) is 0 Å². The highest BCUT2D eigenvalue weighted by Crippen LogP contribution is 2.26. The Balaban J connectivity index is 2.02. The number of hydrogen-bond acceptors (Lipinski definition) is 7. The smallest absolute Gasteiger partial charge is 0.345 e. The zero-order chi connectivity index (χ0) is 11.8. The quantitative estimate of drug-likeness (QED) is 0.628. The fraction of sp³-hybridized carbons (Fsp3) is 0.500. The Kier molecular flexibility index (Phi) is 2.50. The Bertz CT molecular complexity index is 454. The SMILES string of the molecule is CC1(C)CN=C(Nc2ncc([N+](=O)[O-])s2)O1. The van der Waals surface area contributed by atoms with Gasteiger partial charge >= 0.3 is 5.00 Å². The third-order valence-corrected chi connectivity index (χ3v) is 2.73. The number of nitrogens with zero attached hydrogens (tertiary/aromatic N) is 3. The van der Waals surface area contributed by atoms with Crippen molar-refractivity contribution in [3.8, 4) is 0 Å². The fourth-order valence-corrected chi connectivity index (χ4v) is 1.77. The van der Waals surface area contributed by atoms with E-state index in [1.807, 2.05) is 13.8 Å². The van der Waals surface area contributed by atoms with Crippen molar-refractivity contribution in [2.45, 2.75) is 19.4 Å². The molecule has 0 aromatic carbocycles. The molecule has 16 heavy (non-hydrogen) atoms. The first-order valence-electron chi connectivity index (χ1n) is 4.57. The van der Waals surface area contributed by atoms with Gasteiger partial charge in [-0.15, -0.1) is 0 Å². The second-order valence-corrected chi connectivity index (χ2v) is 4.88. The van der Waals surface area contributed by atoms with E-state index in [1.165, 1.54) is 6.20 Å². The highest BCUT2D eigenvalue weighted by molar-refractivity contribution is 7.18. The summed E-state index contributed by atoms with van der Waals surface area (Å²) in [5, 5.41) is 13.6. The van der Waals surface area contributed by atoms with Crippen LogP contribution in [0.25, 0.3) is 0 Å². The van der Waals surface area contributed by atoms with Gasteiger partial charge in [-0.3, -0.25) is 15.4 Å². The van der Waals surface area contributed by atoms with Crippen molar-refractivity contribution < 1.29 is 9.66 Å². The number of aromatic nitrogens is 1. The van der Waals surface area contributed by atoms with E-state index in [0.29, 0.717) is 17.7 Å². The van der Waals surface area contributed by atoms with Crippen molar-refractivity contribution in [1.29, 1.82) is 0 Å². The van der Waals surface area contributed by atoms with Gasteiger partial charge in [0.15, 0.2) is 5.13 Å². The predicted molar refractivity (Wildman–Crippen MR) is 59.9 cm³/mol. The first-order valence-corrected chi connectivity index (χ1v) is 5.39. The first-order chi connectivity index (χ1) is 7.46. The average Bonchev–Trinajstić information content (AvgIpc) is 2.73. The summed E-state index contributed by atoms with van der Waals surface area (Å²) in [6.07, 6.45) is 1.20. The van der Waals surface area contributed by atoms with Crippen molar-refractivity contribution in [3.05, 3.63) is 16.3 Å². The van der Waals surface area contributed by atoms with Crippen LogP contribution in [0.2, 0.25) is 0 Å². The van der Waals surface area contributed by atoms with Crippen LogP contribution in [0.15, 0.2) is 11.2 Å². The highest BCUT2D eigenvalue weighted by Gasteiger charge is 2.28. The predicted octanol–water partition coefficient (Wildman–Crippen LogP) is 1.63. The van der Waals surface area contributed by atoms with Gasteiger partial charge in [-0.25, -0.2) is 9.98 Å². The lowest BCUT2D eigenvalue weighted by molar-refractivity contribution is -0.380. The molecule has 0 fully saturated rings. The molecule has 0 aliphatic carbocycles. The molecule has 1 N–H and O–H groups in total. The number of rotatable bonds is 2. The number of nitrogens with one attached hydrogen (secondary N) is 1. The maximum absolute atomic E-state index is 10.4. The minimum Gasteiger partial charge on any atom is -0.457 e. The van der Waals surface area contributed by atoms with E-state index in [4.69, 9.17) is 4.74 Å². The van der Waals surface area contributed by atoms with Crippen LogP contribution in [-0.4, -0.2) is 28.1 Å². The van der Waals surface area contributed by atoms with Crippen LogP contribution >= 0.6 is 11.3 Å². The van der Waals surface area contributed by atoms with Crippen LogP contribution in [0, 0.1) is 10.1 Å². The number of anilines is 1. The highest BCUT2D eigenvalue weighted by atomic mass is 32.1. The molecule has 0 radical (unpaired) electrons. The van der Waals surface area contributed by atoms with Crippen LogP contribution in [0.5, 0.6) is 0 Å². The van der Waals surface area contributed by atoms with E-state index in [-0.39, 0.29) is 10.6 Å². The molecule has 0 saturated heterocycles. The minimum absolute atomic E-state index is 0.0136. The molecule has 2 rings (SSSR count). The molecule has 8 heteroatoms. The molecule has 0 spiro atoms. The molecule has 1 aromatic rings. The lowest BCUT2D eigenvalue weighted by atomic mass is 10.1. The number of ether oxygens (including phenoxy) is 1. The van der Waals surface area contributed by atoms with E-state index in [1.54, 1.807) is 0 Å². The van der Waals surface area contributed by atoms with Crippen LogP contribution < -0.4 is 5.32 Å². The molecule has 0 unspecified atom stereocenters. The van der Waals surface area contributed by atoms with Crippen molar-refractivity contribution in [1.82, 2.24) is 4.98 Å². The lowest BCUT2D eigenvalue weighted by Gasteiger charge is -2.16. The maximum atomic E-state index is 10.4. The van der Waals surface area contributed by atoms with Gasteiger partial charge in [0.05, 0.1) is 11.5 Å². The molecule has 0 bridgehead atoms. The molecule has 1 aliphatic rings. The summed E-state index contributed by atoms with van der Waals surface area (Å²) < 4.78 is 5.46. The van der Waals surface area contributed by atoms with Crippen LogP contribution in [0.4, 0.5) is 10.1 Å². The lowest BCUT2D eigenvalue weighted by Crippen LogP contribution is -2.26. The Labute approximate surface area is 95.3 Å². The summed E-state index contributed by atoms with van der Waals surface area (Å²) in [7, 11) is 0. The van der Waals surface area contributed by atoms with Gasteiger partial charge in [-0.2, -0.15) is 0 Å². The summed E-state index contributed by atoms with van der Waals surface area (Å²) in [5.41, 5.74) is -0.328. The molecule has 2 heterocycles. The number of aliphatic imine (C=N–C) groups is 1. The van der Waals surface area contributed by atoms with Gasteiger partial charge in [-0.05, 0) is 25.2 Å². The third-order valence-electron chi connectivity index (χ3n) is 1.86. The van der Waals surface area contributed by atoms with Crippen LogP contribution in [-0.2, 0) is 4.74 Å². The zero-order valence-electron chi connectivity index (χ0n) is 8.76. The van der Waals surface area contributed by atoms with E-state index in [9.17, 15) is 10.1 Å². The molecular formula is C8H10N4O3S. The van der Waals surface area contributed by atoms with Gasteiger partial charge in [0.25, 0.3) is 6.02 Å². The Hall–Kier alpha value is -1.70. The normalized spacial score (nSPS) is 17.8. The van der Waals surface area contributed by atoms with E-state index < -0.39 is 4.92 Å². The van der Waals surface area contributed by atoms with Crippen molar-refractivity contribution in [2.24, 2.45) is 4.99 Å². The van der Waals surface area contributed by atoms with Crippen LogP contribution in [0.1, 0.15) is 13.8 Å². The molecule has 1 aromatic heterocycles. The van der Waals surface area contributed by atoms with E-state index >= 15 is 0 Å². The maximum Gasteiger partial charge on any atom is 0.345 e. The first kappa shape index (κ1) is 10.8. The zero-order valence-corrected chi connectivity index (χ0v) is 9.58. The fourth-order valence-electron chi connectivity index (χ4n) is 1.15. The number of hydrogen-bond donors (Lipinski definition) is 1. The molecule has 0 atom stereocenters. The van der Waals surface area contributed by atoms with Crippen LogP contribution in [0.3, 0.4) is 0 Å². The summed E-state index contributed by atoms with van der Waals surface area (Å²) >= 11 is 0.946. The van der Waals surface area contributed by atoms with E-state index in [2.05, 4.69) is 15.3 Å². The number of amidine groups is 1. The molecule has 0 amide bonds. The van der Waals surface area contributed by atoms with Gasteiger partial charge in [0.2, 0.25) is 0 Å². The molecular weight excluding hydrogens is 232 g/mol. The van der Waals surface area contributed by atoms with Crippen molar-refractivity contribution >= 4 is 27.5 Å². The largest absolute Gasteiger partial charge is 0.457 e. The monoisotopic (exact) mass is 242 g/mol. The third kappa shape index (κ3) is 2.27. The topological polar surface area (TPSA) is 89.7 Å². The second kappa shape index (κ2) is 3.71. The Morgan fingerprint density at radius 1 is 1.69 bits per heavy atom. The summed E-state index contributed by atoms with van der Waals surface area (Å²) in [4.78, 5) is 17.9. The van der Waals surface area contributed by atoms with Gasteiger partial charge in [-0.1, -0.05) is 0 Å². The molecule has 0 saturated carbocycles. The molecule has 7 nitrogen and oxygen atoms in total. The van der Waals surface area contributed by atoms with Gasteiger partial charge < -0.3 is 4.74 Å². The Morgan fingerprint density at radius 3 is 2.94 bits per heavy atom. The average molecular weight is 242 g/mol. The molecule has 86 valence electrons. The summed E-state index contributed by atoms with van der Waals surface area (Å²) in [6.45, 7) is 4.38. The van der Waals surface area contributed by atoms with E-state index in [0.717, 1.165) is 11.3 Å². The standard InChI is InChI=1S/C8H10N4O3S/c1-8(2)4-10-6(15-8)11-7-9-3-5(16-7)12(13)14/h3H,4H2,1-2H3,(H,9,10,11). The number of nitro groups is 1. The minimum atomic E-state index is -0.482. The second-order valence-electron chi connectivity index (χ2n) is 3.87.